The van der Waals surface area contributed by atoms with E-state index in [9.17, 15) is 4.79 Å². The Morgan fingerprint density at radius 3 is 3.00 bits per heavy atom. The number of carbonyl (C=O) groups excluding carboxylic acids is 1. The third-order valence-corrected chi connectivity index (χ3v) is 5.81. The maximum absolute atomic E-state index is 12.6. The molecule has 3 rings (SSSR count). The van der Waals surface area contributed by atoms with E-state index in [1.807, 2.05) is 17.5 Å². The highest BCUT2D eigenvalue weighted by Crippen LogP contribution is 2.33. The van der Waals surface area contributed by atoms with Crippen LogP contribution in [0.3, 0.4) is 0 Å². The molecule has 2 N–H and O–H groups in total. The second-order valence-corrected chi connectivity index (χ2v) is 7.98. The first-order chi connectivity index (χ1) is 10.1. The van der Waals surface area contributed by atoms with Crippen LogP contribution in [-0.2, 0) is 6.54 Å². The lowest BCUT2D eigenvalue weighted by Gasteiger charge is -2.15. The Hall–Kier alpha value is -1.44. The Morgan fingerprint density at radius 2 is 2.33 bits per heavy atom. The van der Waals surface area contributed by atoms with Crippen molar-refractivity contribution in [1.82, 2.24) is 9.88 Å². The molecule has 0 aliphatic rings. The summed E-state index contributed by atoms with van der Waals surface area (Å²) in [7, 11) is 1.79. The van der Waals surface area contributed by atoms with Crippen LogP contribution in [0.1, 0.15) is 15.2 Å². The topological polar surface area (TPSA) is 59.2 Å². The minimum Gasteiger partial charge on any atom is -0.397 e. The lowest BCUT2D eigenvalue weighted by Crippen LogP contribution is -2.25. The number of anilines is 1. The molecule has 0 spiro atoms. The maximum atomic E-state index is 12.6. The molecule has 3 aromatic heterocycles. The molecular formula is C14H12BrN3OS2. The van der Waals surface area contributed by atoms with Crippen LogP contribution in [0.4, 0.5) is 5.69 Å². The van der Waals surface area contributed by atoms with E-state index in [0.717, 1.165) is 19.4 Å². The van der Waals surface area contributed by atoms with Gasteiger partial charge < -0.3 is 10.6 Å². The normalized spacial score (nSPS) is 11.0. The van der Waals surface area contributed by atoms with Crippen molar-refractivity contribution in [2.45, 2.75) is 6.54 Å². The molecule has 7 heteroatoms. The molecule has 0 atom stereocenters. The van der Waals surface area contributed by atoms with Crippen molar-refractivity contribution in [3.8, 4) is 0 Å². The molecule has 0 bridgehead atoms. The summed E-state index contributed by atoms with van der Waals surface area (Å²) in [6.45, 7) is 0.562. The van der Waals surface area contributed by atoms with Crippen molar-refractivity contribution in [3.63, 3.8) is 0 Å². The van der Waals surface area contributed by atoms with Crippen LogP contribution >= 0.6 is 38.6 Å². The number of hydrogen-bond donors (Lipinski definition) is 1. The van der Waals surface area contributed by atoms with E-state index in [0.29, 0.717) is 17.1 Å². The van der Waals surface area contributed by atoms with Crippen LogP contribution < -0.4 is 5.73 Å². The number of hydrogen-bond acceptors (Lipinski definition) is 5. The number of nitrogen functional groups attached to an aromatic ring is 1. The molecule has 0 aliphatic carbocycles. The van der Waals surface area contributed by atoms with Crippen molar-refractivity contribution in [3.05, 3.63) is 44.1 Å². The van der Waals surface area contributed by atoms with Gasteiger partial charge >= 0.3 is 0 Å². The van der Waals surface area contributed by atoms with Crippen molar-refractivity contribution in [1.29, 1.82) is 0 Å². The fourth-order valence-electron chi connectivity index (χ4n) is 2.08. The fourth-order valence-corrected chi connectivity index (χ4v) is 4.36. The van der Waals surface area contributed by atoms with Gasteiger partial charge in [0.2, 0.25) is 0 Å². The highest BCUT2D eigenvalue weighted by atomic mass is 79.9. The molecule has 0 aromatic carbocycles. The second kappa shape index (κ2) is 5.75. The molecule has 108 valence electrons. The van der Waals surface area contributed by atoms with Crippen LogP contribution in [0, 0.1) is 0 Å². The molecule has 0 saturated carbocycles. The average Bonchev–Trinajstić information content (AvgIpc) is 3.03. The first-order valence-electron chi connectivity index (χ1n) is 6.16. The number of carbonyl (C=O) groups is 1. The number of fused-ring (bicyclic) bond motifs is 1. The van der Waals surface area contributed by atoms with Gasteiger partial charge in [0, 0.05) is 31.4 Å². The molecule has 21 heavy (non-hydrogen) atoms. The zero-order valence-electron chi connectivity index (χ0n) is 11.2. The number of amides is 1. The molecule has 0 aliphatic heterocycles. The zero-order valence-corrected chi connectivity index (χ0v) is 14.4. The van der Waals surface area contributed by atoms with Gasteiger partial charge in [-0.15, -0.1) is 22.7 Å². The number of thiophene rings is 2. The van der Waals surface area contributed by atoms with Gasteiger partial charge in [0.15, 0.2) is 0 Å². The monoisotopic (exact) mass is 381 g/mol. The smallest absolute Gasteiger partial charge is 0.266 e. The summed E-state index contributed by atoms with van der Waals surface area (Å²) in [5.41, 5.74) is 7.75. The predicted molar refractivity (Wildman–Crippen MR) is 91.8 cm³/mol. The van der Waals surface area contributed by atoms with Crippen LogP contribution in [0.5, 0.6) is 0 Å². The van der Waals surface area contributed by atoms with Crippen LogP contribution in [0.15, 0.2) is 33.7 Å². The lowest BCUT2D eigenvalue weighted by atomic mass is 10.2. The zero-order chi connectivity index (χ0) is 15.0. The SMILES string of the molecule is CN(Cc1csc(Br)c1)C(=O)c1sc2cnccc2c1N. The minimum absolute atomic E-state index is 0.0592. The molecule has 0 radical (unpaired) electrons. The van der Waals surface area contributed by atoms with Gasteiger partial charge in [0.25, 0.3) is 5.91 Å². The maximum Gasteiger partial charge on any atom is 0.266 e. The van der Waals surface area contributed by atoms with Crippen molar-refractivity contribution in [2.75, 3.05) is 12.8 Å². The largest absolute Gasteiger partial charge is 0.397 e. The van der Waals surface area contributed by atoms with E-state index in [2.05, 4.69) is 20.9 Å². The first-order valence-corrected chi connectivity index (χ1v) is 8.65. The van der Waals surface area contributed by atoms with Gasteiger partial charge in [-0.3, -0.25) is 9.78 Å². The van der Waals surface area contributed by atoms with E-state index in [1.165, 1.54) is 11.3 Å². The fraction of sp³-hybridized carbons (Fsp3) is 0.143. The summed E-state index contributed by atoms with van der Waals surface area (Å²) in [6.07, 6.45) is 3.43. The summed E-state index contributed by atoms with van der Waals surface area (Å²) in [5, 5.41) is 2.93. The minimum atomic E-state index is -0.0592. The Bertz CT molecular complexity index is 812. The lowest BCUT2D eigenvalue weighted by molar-refractivity contribution is 0.0791. The van der Waals surface area contributed by atoms with Gasteiger partial charge in [-0.2, -0.15) is 0 Å². The highest BCUT2D eigenvalue weighted by molar-refractivity contribution is 9.11. The van der Waals surface area contributed by atoms with Gasteiger partial charge in [0.1, 0.15) is 4.88 Å². The molecule has 4 nitrogen and oxygen atoms in total. The number of halogens is 1. The molecule has 0 unspecified atom stereocenters. The van der Waals surface area contributed by atoms with E-state index in [-0.39, 0.29) is 5.91 Å². The Morgan fingerprint density at radius 1 is 1.52 bits per heavy atom. The molecular weight excluding hydrogens is 370 g/mol. The molecule has 3 aromatic rings. The second-order valence-electron chi connectivity index (χ2n) is 4.64. The predicted octanol–water partition coefficient (Wildman–Crippen LogP) is 3.97. The van der Waals surface area contributed by atoms with E-state index in [4.69, 9.17) is 5.73 Å². The van der Waals surface area contributed by atoms with Crippen LogP contribution in [0.2, 0.25) is 0 Å². The van der Waals surface area contributed by atoms with Gasteiger partial charge in [-0.05, 0) is 39.0 Å². The first kappa shape index (κ1) is 14.5. The summed E-state index contributed by atoms with van der Waals surface area (Å²) in [4.78, 5) is 18.9. The quantitative estimate of drug-likeness (QED) is 0.746. The summed E-state index contributed by atoms with van der Waals surface area (Å²) in [5.74, 6) is -0.0592. The Kier molecular flexibility index (Phi) is 3.97. The van der Waals surface area contributed by atoms with E-state index >= 15 is 0 Å². The summed E-state index contributed by atoms with van der Waals surface area (Å²) in [6, 6.07) is 3.86. The Labute approximate surface area is 138 Å². The van der Waals surface area contributed by atoms with Crippen molar-refractivity contribution < 1.29 is 4.79 Å². The van der Waals surface area contributed by atoms with Crippen LogP contribution in [0.25, 0.3) is 10.1 Å². The molecule has 0 fully saturated rings. The number of aromatic nitrogens is 1. The molecule has 1 amide bonds. The highest BCUT2D eigenvalue weighted by Gasteiger charge is 2.20. The summed E-state index contributed by atoms with van der Waals surface area (Å²) < 4.78 is 2.00. The van der Waals surface area contributed by atoms with E-state index < -0.39 is 0 Å². The van der Waals surface area contributed by atoms with Crippen molar-refractivity contribution in [2.24, 2.45) is 0 Å². The standard InChI is InChI=1S/C14H12BrN3OS2/c1-18(6-8-4-11(15)20-7-8)14(19)13-12(16)9-2-3-17-5-10(9)21-13/h2-5,7H,6,16H2,1H3. The van der Waals surface area contributed by atoms with E-state index in [1.54, 1.807) is 35.7 Å². The Balaban J connectivity index is 1.87. The summed E-state index contributed by atoms with van der Waals surface area (Å²) >= 11 is 6.43. The van der Waals surface area contributed by atoms with Crippen LogP contribution in [-0.4, -0.2) is 22.8 Å². The van der Waals surface area contributed by atoms with Gasteiger partial charge in [0.05, 0.1) is 14.2 Å². The number of pyridine rings is 1. The number of nitrogens with zero attached hydrogens (tertiary/aromatic N) is 2. The van der Waals surface area contributed by atoms with Gasteiger partial charge in [-0.1, -0.05) is 0 Å². The third-order valence-electron chi connectivity index (χ3n) is 3.11. The molecule has 3 heterocycles. The van der Waals surface area contributed by atoms with Crippen molar-refractivity contribution >= 4 is 60.3 Å². The third kappa shape index (κ3) is 2.81. The number of nitrogens with two attached hydrogens (primary N) is 1. The van der Waals surface area contributed by atoms with Gasteiger partial charge in [-0.25, -0.2) is 0 Å². The average molecular weight is 382 g/mol. The molecule has 0 saturated heterocycles. The number of rotatable bonds is 3.